The van der Waals surface area contributed by atoms with E-state index in [1.807, 2.05) is 0 Å². The monoisotopic (exact) mass is 243 g/mol. The van der Waals surface area contributed by atoms with Crippen LogP contribution in [0.2, 0.25) is 0 Å². The summed E-state index contributed by atoms with van der Waals surface area (Å²) < 4.78 is 11.3. The minimum atomic E-state index is 0.302. The van der Waals surface area contributed by atoms with Crippen molar-refractivity contribution in [3.63, 3.8) is 0 Å². The molecule has 3 nitrogen and oxygen atoms in total. The first-order chi connectivity index (χ1) is 8.18. The van der Waals surface area contributed by atoms with Gasteiger partial charge in [-0.3, -0.25) is 0 Å². The van der Waals surface area contributed by atoms with Gasteiger partial charge in [-0.05, 0) is 25.7 Å². The molecule has 0 aromatic rings. The van der Waals surface area contributed by atoms with E-state index in [2.05, 4.69) is 26.1 Å². The lowest BCUT2D eigenvalue weighted by atomic mass is 9.79. The second-order valence-corrected chi connectivity index (χ2v) is 5.55. The fourth-order valence-electron chi connectivity index (χ4n) is 2.29. The van der Waals surface area contributed by atoms with Gasteiger partial charge in [-0.25, -0.2) is 0 Å². The minimum absolute atomic E-state index is 0.302. The van der Waals surface area contributed by atoms with Crippen molar-refractivity contribution in [3.8, 4) is 0 Å². The van der Waals surface area contributed by atoms with E-state index in [1.165, 1.54) is 12.8 Å². The van der Waals surface area contributed by atoms with Gasteiger partial charge >= 0.3 is 0 Å². The Morgan fingerprint density at radius 3 is 2.76 bits per heavy atom. The average molecular weight is 243 g/mol. The van der Waals surface area contributed by atoms with Gasteiger partial charge in [0.2, 0.25) is 0 Å². The molecule has 0 aliphatic carbocycles. The Labute approximate surface area is 106 Å². The molecule has 1 rings (SSSR count). The van der Waals surface area contributed by atoms with Crippen LogP contribution in [0.15, 0.2) is 0 Å². The molecule has 102 valence electrons. The van der Waals surface area contributed by atoms with Crippen LogP contribution in [0.3, 0.4) is 0 Å². The predicted octanol–water partition coefficient (Wildman–Crippen LogP) is 2.60. The molecule has 1 atom stereocenters. The molecule has 0 bridgehead atoms. The first-order valence-electron chi connectivity index (χ1n) is 7.07. The van der Waals surface area contributed by atoms with Crippen molar-refractivity contribution in [2.24, 2.45) is 5.41 Å². The number of nitrogens with one attached hydrogen (secondary N) is 1. The molecular weight excluding hydrogens is 214 g/mol. The maximum Gasteiger partial charge on any atom is 0.0535 e. The third kappa shape index (κ3) is 5.84. The zero-order valence-corrected chi connectivity index (χ0v) is 11.8. The summed E-state index contributed by atoms with van der Waals surface area (Å²) in [6.07, 6.45) is 4.68. The summed E-state index contributed by atoms with van der Waals surface area (Å²) in [5.41, 5.74) is 0.302. The number of ether oxygens (including phenoxy) is 2. The van der Waals surface area contributed by atoms with Crippen molar-refractivity contribution in [3.05, 3.63) is 0 Å². The van der Waals surface area contributed by atoms with Crippen LogP contribution in [0.5, 0.6) is 0 Å². The van der Waals surface area contributed by atoms with Crippen LogP contribution in [-0.4, -0.2) is 39.0 Å². The number of hydrogen-bond acceptors (Lipinski definition) is 3. The molecule has 3 heteroatoms. The lowest BCUT2D eigenvalue weighted by Crippen LogP contribution is -2.43. The molecule has 1 aliphatic rings. The molecule has 1 fully saturated rings. The minimum Gasteiger partial charge on any atom is -0.381 e. The molecule has 1 heterocycles. The van der Waals surface area contributed by atoms with Gasteiger partial charge in [0.1, 0.15) is 0 Å². The molecule has 0 radical (unpaired) electrons. The van der Waals surface area contributed by atoms with Gasteiger partial charge in [0.15, 0.2) is 0 Å². The van der Waals surface area contributed by atoms with E-state index in [0.717, 1.165) is 45.8 Å². The highest BCUT2D eigenvalue weighted by Gasteiger charge is 2.32. The standard InChI is InChI=1S/C14H29NO2/c1-4-8-16-10-7-14(11-15-13(2)3)6-5-9-17-12-14/h13,15H,4-12H2,1-3H3. The van der Waals surface area contributed by atoms with Crippen molar-refractivity contribution < 1.29 is 9.47 Å². The first-order valence-corrected chi connectivity index (χ1v) is 7.07. The van der Waals surface area contributed by atoms with E-state index in [4.69, 9.17) is 9.47 Å². The molecule has 1 N–H and O–H groups in total. The van der Waals surface area contributed by atoms with E-state index < -0.39 is 0 Å². The largest absolute Gasteiger partial charge is 0.381 e. The number of rotatable bonds is 8. The van der Waals surface area contributed by atoms with E-state index >= 15 is 0 Å². The van der Waals surface area contributed by atoms with Gasteiger partial charge in [0.25, 0.3) is 0 Å². The second-order valence-electron chi connectivity index (χ2n) is 5.55. The summed E-state index contributed by atoms with van der Waals surface area (Å²) in [4.78, 5) is 0. The van der Waals surface area contributed by atoms with Crippen molar-refractivity contribution in [1.29, 1.82) is 0 Å². The maximum absolute atomic E-state index is 5.68. The van der Waals surface area contributed by atoms with Crippen molar-refractivity contribution in [2.45, 2.75) is 52.5 Å². The Bertz CT molecular complexity index is 189. The number of hydrogen-bond donors (Lipinski definition) is 1. The molecular formula is C14H29NO2. The van der Waals surface area contributed by atoms with Gasteiger partial charge in [-0.1, -0.05) is 20.8 Å². The summed E-state index contributed by atoms with van der Waals surface area (Å²) >= 11 is 0. The highest BCUT2D eigenvalue weighted by Crippen LogP contribution is 2.31. The second kappa shape index (κ2) is 8.06. The Kier molecular flexibility index (Phi) is 7.09. The van der Waals surface area contributed by atoms with E-state index in [9.17, 15) is 0 Å². The SMILES string of the molecule is CCCOCCC1(CNC(C)C)CCCOC1. The molecule has 1 aliphatic heterocycles. The van der Waals surface area contributed by atoms with Crippen molar-refractivity contribution >= 4 is 0 Å². The van der Waals surface area contributed by atoms with Crippen LogP contribution in [-0.2, 0) is 9.47 Å². The van der Waals surface area contributed by atoms with Crippen molar-refractivity contribution in [1.82, 2.24) is 5.32 Å². The van der Waals surface area contributed by atoms with Crippen LogP contribution in [0.1, 0.15) is 46.5 Å². The molecule has 0 amide bonds. The van der Waals surface area contributed by atoms with Gasteiger partial charge in [0.05, 0.1) is 6.61 Å². The van der Waals surface area contributed by atoms with Crippen molar-refractivity contribution in [2.75, 3.05) is 33.0 Å². The van der Waals surface area contributed by atoms with Gasteiger partial charge in [0, 0.05) is 37.8 Å². The summed E-state index contributed by atoms with van der Waals surface area (Å²) in [5, 5.41) is 3.56. The van der Waals surface area contributed by atoms with Crippen LogP contribution < -0.4 is 5.32 Å². The maximum atomic E-state index is 5.68. The fraction of sp³-hybridized carbons (Fsp3) is 1.00. The van der Waals surface area contributed by atoms with E-state index in [1.54, 1.807) is 0 Å². The van der Waals surface area contributed by atoms with E-state index in [-0.39, 0.29) is 0 Å². The van der Waals surface area contributed by atoms with E-state index in [0.29, 0.717) is 11.5 Å². The summed E-state index contributed by atoms with van der Waals surface area (Å²) in [6, 6.07) is 0.547. The summed E-state index contributed by atoms with van der Waals surface area (Å²) in [5.74, 6) is 0. The molecule has 0 saturated carbocycles. The Morgan fingerprint density at radius 2 is 2.18 bits per heavy atom. The van der Waals surface area contributed by atoms with Gasteiger partial charge in [-0.15, -0.1) is 0 Å². The summed E-state index contributed by atoms with van der Waals surface area (Å²) in [7, 11) is 0. The molecule has 1 unspecified atom stereocenters. The highest BCUT2D eigenvalue weighted by molar-refractivity contribution is 4.84. The lowest BCUT2D eigenvalue weighted by Gasteiger charge is -2.38. The normalized spacial score (nSPS) is 25.4. The molecule has 17 heavy (non-hydrogen) atoms. The third-order valence-corrected chi connectivity index (χ3v) is 3.41. The Balaban J connectivity index is 2.35. The lowest BCUT2D eigenvalue weighted by molar-refractivity contribution is -0.0279. The third-order valence-electron chi connectivity index (χ3n) is 3.41. The van der Waals surface area contributed by atoms with Gasteiger partial charge in [-0.2, -0.15) is 0 Å². The summed E-state index contributed by atoms with van der Waals surface area (Å²) in [6.45, 7) is 11.2. The molecule has 0 aromatic carbocycles. The molecule has 1 saturated heterocycles. The predicted molar refractivity (Wildman–Crippen MR) is 71.4 cm³/mol. The van der Waals surface area contributed by atoms with Crippen LogP contribution in [0.25, 0.3) is 0 Å². The first kappa shape index (κ1) is 14.9. The smallest absolute Gasteiger partial charge is 0.0535 e. The van der Waals surface area contributed by atoms with Crippen LogP contribution >= 0.6 is 0 Å². The van der Waals surface area contributed by atoms with Crippen LogP contribution in [0.4, 0.5) is 0 Å². The zero-order valence-electron chi connectivity index (χ0n) is 11.8. The fourth-order valence-corrected chi connectivity index (χ4v) is 2.29. The molecule has 0 aromatic heterocycles. The molecule has 0 spiro atoms. The Hall–Kier alpha value is -0.120. The zero-order chi connectivity index (χ0) is 12.6. The highest BCUT2D eigenvalue weighted by atomic mass is 16.5. The topological polar surface area (TPSA) is 30.5 Å². The van der Waals surface area contributed by atoms with Gasteiger partial charge < -0.3 is 14.8 Å². The average Bonchev–Trinajstić information content (AvgIpc) is 2.34. The quantitative estimate of drug-likeness (QED) is 0.665. The Morgan fingerprint density at radius 1 is 1.35 bits per heavy atom. The van der Waals surface area contributed by atoms with Crippen LogP contribution in [0, 0.1) is 5.41 Å².